The third kappa shape index (κ3) is 3.40. The van der Waals surface area contributed by atoms with Crippen molar-refractivity contribution in [3.05, 3.63) is 23.8 Å². The Hall–Kier alpha value is -1.64. The van der Waals surface area contributed by atoms with Crippen molar-refractivity contribution >= 4 is 21.7 Å². The number of hydrogen-bond donors (Lipinski definition) is 2. The minimum absolute atomic E-state index is 0.00770. The van der Waals surface area contributed by atoms with Gasteiger partial charge in [0.25, 0.3) is 0 Å². The molecule has 122 valence electrons. The first-order chi connectivity index (χ1) is 10.2. The van der Waals surface area contributed by atoms with Crippen molar-refractivity contribution in [2.75, 3.05) is 25.1 Å². The molecule has 2 unspecified atom stereocenters. The highest BCUT2D eigenvalue weighted by Gasteiger charge is 2.28. The van der Waals surface area contributed by atoms with Gasteiger partial charge in [0, 0.05) is 20.2 Å². The van der Waals surface area contributed by atoms with E-state index in [1.165, 1.54) is 12.1 Å². The SMILES string of the molecule is COC1CN(c2ccc(S(N)(=O)=O)cc2C(=O)O)CCC1C. The summed E-state index contributed by atoms with van der Waals surface area (Å²) in [5.74, 6) is -0.800. The molecule has 0 aliphatic carbocycles. The van der Waals surface area contributed by atoms with Gasteiger partial charge in [-0.15, -0.1) is 0 Å². The van der Waals surface area contributed by atoms with Crippen LogP contribution in [0.1, 0.15) is 23.7 Å². The maximum atomic E-state index is 11.5. The molecule has 0 aromatic heterocycles. The van der Waals surface area contributed by atoms with Crippen LogP contribution in [0.3, 0.4) is 0 Å². The molecular formula is C14H20N2O5S. The number of carbonyl (C=O) groups is 1. The quantitative estimate of drug-likeness (QED) is 0.849. The first kappa shape index (κ1) is 16.7. The van der Waals surface area contributed by atoms with Crippen molar-refractivity contribution in [3.8, 4) is 0 Å². The third-order valence-corrected chi connectivity index (χ3v) is 4.97. The first-order valence-electron chi connectivity index (χ1n) is 6.92. The zero-order chi connectivity index (χ0) is 16.5. The highest BCUT2D eigenvalue weighted by atomic mass is 32.2. The summed E-state index contributed by atoms with van der Waals surface area (Å²) < 4.78 is 28.2. The number of primary sulfonamides is 1. The van der Waals surface area contributed by atoms with Crippen LogP contribution in [0.15, 0.2) is 23.1 Å². The van der Waals surface area contributed by atoms with E-state index in [9.17, 15) is 18.3 Å². The molecule has 1 aliphatic rings. The lowest BCUT2D eigenvalue weighted by molar-refractivity contribution is 0.0496. The molecule has 1 saturated heterocycles. The van der Waals surface area contributed by atoms with E-state index in [1.54, 1.807) is 7.11 Å². The lowest BCUT2D eigenvalue weighted by Gasteiger charge is -2.38. The first-order valence-corrected chi connectivity index (χ1v) is 8.46. The van der Waals surface area contributed by atoms with Gasteiger partial charge >= 0.3 is 5.97 Å². The van der Waals surface area contributed by atoms with Crippen molar-refractivity contribution in [1.82, 2.24) is 0 Å². The Morgan fingerprint density at radius 2 is 2.14 bits per heavy atom. The largest absolute Gasteiger partial charge is 0.478 e. The predicted octanol–water partition coefficient (Wildman–Crippen LogP) is 0.893. The van der Waals surface area contributed by atoms with E-state index in [1.807, 2.05) is 4.90 Å². The van der Waals surface area contributed by atoms with E-state index in [2.05, 4.69) is 6.92 Å². The predicted molar refractivity (Wildman–Crippen MR) is 81.6 cm³/mol. The number of methoxy groups -OCH3 is 1. The molecule has 7 nitrogen and oxygen atoms in total. The lowest BCUT2D eigenvalue weighted by atomic mass is 9.95. The van der Waals surface area contributed by atoms with Gasteiger partial charge in [-0.1, -0.05) is 6.92 Å². The Kier molecular flexibility index (Phi) is 4.74. The van der Waals surface area contributed by atoms with Crippen LogP contribution < -0.4 is 10.0 Å². The molecule has 0 radical (unpaired) electrons. The number of benzene rings is 1. The van der Waals surface area contributed by atoms with Crippen LogP contribution in [0.5, 0.6) is 0 Å². The van der Waals surface area contributed by atoms with Crippen molar-refractivity contribution < 1.29 is 23.1 Å². The molecule has 8 heteroatoms. The standard InChI is InChI=1S/C14H20N2O5S/c1-9-5-6-16(8-13(9)21-2)12-4-3-10(22(15,19)20)7-11(12)14(17)18/h3-4,7,9,13H,5-6,8H2,1-2H3,(H,17,18)(H2,15,19,20). The van der Waals surface area contributed by atoms with Crippen LogP contribution in [-0.4, -0.2) is 45.8 Å². The number of nitrogens with zero attached hydrogens (tertiary/aromatic N) is 1. The van der Waals surface area contributed by atoms with Crippen molar-refractivity contribution in [3.63, 3.8) is 0 Å². The smallest absolute Gasteiger partial charge is 0.337 e. The number of nitrogens with two attached hydrogens (primary N) is 1. The zero-order valence-electron chi connectivity index (χ0n) is 12.5. The van der Waals surface area contributed by atoms with Gasteiger partial charge in [-0.3, -0.25) is 0 Å². The zero-order valence-corrected chi connectivity index (χ0v) is 13.3. The highest BCUT2D eigenvalue weighted by molar-refractivity contribution is 7.89. The van der Waals surface area contributed by atoms with E-state index < -0.39 is 16.0 Å². The van der Waals surface area contributed by atoms with Crippen molar-refractivity contribution in [1.29, 1.82) is 0 Å². The molecular weight excluding hydrogens is 308 g/mol. The van der Waals surface area contributed by atoms with E-state index in [-0.39, 0.29) is 16.6 Å². The molecule has 1 fully saturated rings. The van der Waals surface area contributed by atoms with Gasteiger partial charge in [0.15, 0.2) is 0 Å². The summed E-state index contributed by atoms with van der Waals surface area (Å²) in [7, 11) is -2.31. The second kappa shape index (κ2) is 6.23. The van der Waals surface area contributed by atoms with Crippen LogP contribution in [0.2, 0.25) is 0 Å². The van der Waals surface area contributed by atoms with E-state index in [0.717, 1.165) is 12.5 Å². The minimum Gasteiger partial charge on any atom is -0.478 e. The van der Waals surface area contributed by atoms with Crippen molar-refractivity contribution in [2.45, 2.75) is 24.3 Å². The van der Waals surface area contributed by atoms with E-state index in [4.69, 9.17) is 9.88 Å². The maximum absolute atomic E-state index is 11.5. The topological polar surface area (TPSA) is 110 Å². The van der Waals surface area contributed by atoms with Gasteiger partial charge in [-0.25, -0.2) is 18.4 Å². The second-order valence-corrected chi connectivity index (χ2v) is 7.08. The summed E-state index contributed by atoms with van der Waals surface area (Å²) in [5.41, 5.74) is 0.407. The number of hydrogen-bond acceptors (Lipinski definition) is 5. The number of ether oxygens (including phenoxy) is 1. The number of aromatic carboxylic acids is 1. The van der Waals surface area contributed by atoms with Gasteiger partial charge in [-0.05, 0) is 30.5 Å². The Labute approximate surface area is 129 Å². The molecule has 1 aromatic carbocycles. The monoisotopic (exact) mass is 328 g/mol. The number of carboxylic acids is 1. The number of carboxylic acid groups (broad SMARTS) is 1. The lowest BCUT2D eigenvalue weighted by Crippen LogP contribution is -2.44. The number of rotatable bonds is 4. The van der Waals surface area contributed by atoms with Gasteiger partial charge < -0.3 is 14.7 Å². The molecule has 2 rings (SSSR count). The normalized spacial score (nSPS) is 22.6. The van der Waals surface area contributed by atoms with Gasteiger partial charge in [0.05, 0.1) is 22.3 Å². The fourth-order valence-corrected chi connectivity index (χ4v) is 3.24. The Morgan fingerprint density at radius 3 is 2.68 bits per heavy atom. The molecule has 0 bridgehead atoms. The van der Waals surface area contributed by atoms with Crippen LogP contribution in [0, 0.1) is 5.92 Å². The number of anilines is 1. The Bertz CT molecular complexity index is 674. The van der Waals surface area contributed by atoms with Crippen LogP contribution in [-0.2, 0) is 14.8 Å². The summed E-state index contributed by atoms with van der Waals surface area (Å²) in [6.45, 7) is 3.34. The van der Waals surface area contributed by atoms with Crippen LogP contribution >= 0.6 is 0 Å². The Morgan fingerprint density at radius 1 is 1.45 bits per heavy atom. The summed E-state index contributed by atoms with van der Waals surface area (Å²) in [6, 6.07) is 3.93. The number of sulfonamides is 1. The maximum Gasteiger partial charge on any atom is 0.337 e. The van der Waals surface area contributed by atoms with Gasteiger partial charge in [0.1, 0.15) is 0 Å². The molecule has 1 heterocycles. The molecule has 1 aliphatic heterocycles. The third-order valence-electron chi connectivity index (χ3n) is 4.06. The molecule has 1 aromatic rings. The second-order valence-electron chi connectivity index (χ2n) is 5.52. The average molecular weight is 328 g/mol. The molecule has 0 amide bonds. The highest BCUT2D eigenvalue weighted by Crippen LogP contribution is 2.29. The summed E-state index contributed by atoms with van der Waals surface area (Å²) >= 11 is 0. The molecule has 0 saturated carbocycles. The average Bonchev–Trinajstić information content (AvgIpc) is 2.46. The van der Waals surface area contributed by atoms with Crippen molar-refractivity contribution in [2.24, 2.45) is 11.1 Å². The molecule has 3 N–H and O–H groups in total. The van der Waals surface area contributed by atoms with Crippen LogP contribution in [0.25, 0.3) is 0 Å². The van der Waals surface area contributed by atoms with E-state index >= 15 is 0 Å². The Balaban J connectivity index is 2.41. The number of piperidine rings is 1. The van der Waals surface area contributed by atoms with Gasteiger partial charge in [0.2, 0.25) is 10.0 Å². The summed E-state index contributed by atoms with van der Waals surface area (Å²) in [5, 5.41) is 14.4. The summed E-state index contributed by atoms with van der Waals surface area (Å²) in [4.78, 5) is 13.2. The van der Waals surface area contributed by atoms with E-state index in [0.29, 0.717) is 24.7 Å². The molecule has 0 spiro atoms. The summed E-state index contributed by atoms with van der Waals surface area (Å²) in [6.07, 6.45) is 0.877. The van der Waals surface area contributed by atoms with Gasteiger partial charge in [-0.2, -0.15) is 0 Å². The fourth-order valence-electron chi connectivity index (χ4n) is 2.70. The minimum atomic E-state index is -3.94. The molecule has 22 heavy (non-hydrogen) atoms. The molecule has 2 atom stereocenters. The fraction of sp³-hybridized carbons (Fsp3) is 0.500. The van der Waals surface area contributed by atoms with Crippen LogP contribution in [0.4, 0.5) is 5.69 Å².